The maximum Gasteiger partial charge on any atom is 0.264 e. The lowest BCUT2D eigenvalue weighted by atomic mass is 10.2. The van der Waals surface area contributed by atoms with Crippen molar-refractivity contribution in [2.24, 2.45) is 0 Å². The molecule has 0 radical (unpaired) electrons. The van der Waals surface area contributed by atoms with Crippen molar-refractivity contribution in [2.45, 2.75) is 20.3 Å². The molecule has 1 aromatic heterocycles. The smallest absolute Gasteiger partial charge is 0.264 e. The molecule has 2 aromatic carbocycles. The number of aryl methyl sites for hydroxylation is 1. The first-order valence-corrected chi connectivity index (χ1v) is 10.0. The quantitative estimate of drug-likeness (QED) is 0.562. The number of benzene rings is 2. The van der Waals surface area contributed by atoms with Crippen LogP contribution in [0.2, 0.25) is 0 Å². The van der Waals surface area contributed by atoms with Gasteiger partial charge in [0.25, 0.3) is 5.91 Å². The molecule has 3 rings (SSSR count). The molecule has 3 aromatic rings. The molecule has 0 aliphatic carbocycles. The third kappa shape index (κ3) is 5.68. The Bertz CT molecular complexity index is 957. The first-order valence-electron chi connectivity index (χ1n) is 9.23. The number of ether oxygens (including phenoxy) is 3. The largest absolute Gasteiger partial charge is 0.493 e. The Morgan fingerprint density at radius 1 is 1.10 bits per heavy atom. The molecule has 0 fully saturated rings. The maximum absolute atomic E-state index is 12.1. The third-order valence-electron chi connectivity index (χ3n) is 3.95. The number of carbonyl (C=O) groups is 1. The molecule has 0 unspecified atom stereocenters. The molecule has 7 nitrogen and oxygen atoms in total. The second-order valence-electron chi connectivity index (χ2n) is 6.29. The van der Waals surface area contributed by atoms with Crippen LogP contribution in [0.5, 0.6) is 17.2 Å². The van der Waals surface area contributed by atoms with Crippen LogP contribution < -0.4 is 19.5 Å². The van der Waals surface area contributed by atoms with E-state index in [2.05, 4.69) is 14.7 Å². The Morgan fingerprint density at radius 2 is 1.90 bits per heavy atom. The molecule has 29 heavy (non-hydrogen) atoms. The molecular formula is C21H23N3O4S. The van der Waals surface area contributed by atoms with Gasteiger partial charge in [0, 0.05) is 17.1 Å². The van der Waals surface area contributed by atoms with Crippen LogP contribution in [-0.2, 0) is 4.79 Å². The highest BCUT2D eigenvalue weighted by Crippen LogP contribution is 2.32. The predicted molar refractivity (Wildman–Crippen MR) is 113 cm³/mol. The number of methoxy groups -OCH3 is 1. The first-order chi connectivity index (χ1) is 14.1. The molecular weight excluding hydrogens is 390 g/mol. The van der Waals surface area contributed by atoms with Crippen molar-refractivity contribution in [1.82, 2.24) is 9.36 Å². The molecule has 0 atom stereocenters. The summed E-state index contributed by atoms with van der Waals surface area (Å²) in [5, 5.41) is 3.11. The zero-order chi connectivity index (χ0) is 20.6. The second kappa shape index (κ2) is 9.88. The van der Waals surface area contributed by atoms with Crippen molar-refractivity contribution >= 4 is 22.6 Å². The fourth-order valence-electron chi connectivity index (χ4n) is 2.47. The van der Waals surface area contributed by atoms with Gasteiger partial charge in [-0.1, -0.05) is 24.6 Å². The summed E-state index contributed by atoms with van der Waals surface area (Å²) in [6, 6.07) is 13.0. The second-order valence-corrected chi connectivity index (χ2v) is 7.04. The average Bonchev–Trinajstić information content (AvgIpc) is 3.20. The van der Waals surface area contributed by atoms with E-state index in [9.17, 15) is 4.79 Å². The summed E-state index contributed by atoms with van der Waals surface area (Å²) in [4.78, 5) is 16.5. The highest BCUT2D eigenvalue weighted by atomic mass is 32.1. The van der Waals surface area contributed by atoms with Crippen molar-refractivity contribution in [3.05, 3.63) is 48.0 Å². The Morgan fingerprint density at radius 3 is 2.62 bits per heavy atom. The Balaban J connectivity index is 1.61. The normalized spacial score (nSPS) is 10.4. The van der Waals surface area contributed by atoms with Gasteiger partial charge >= 0.3 is 0 Å². The summed E-state index contributed by atoms with van der Waals surface area (Å²) in [7, 11) is 1.59. The molecule has 1 amide bonds. The molecule has 8 heteroatoms. The Labute approximate surface area is 173 Å². The standard InChI is InChI=1S/C21H23N3O4S/c1-4-11-27-17-10-7-15(12-18(17)26-3)20-23-21(29-24-20)22-19(25)13-28-16-8-5-14(2)6-9-16/h5-10,12H,4,11,13H2,1-3H3,(H,22,23,24,25). The first kappa shape index (κ1) is 20.6. The van der Waals surface area contributed by atoms with Crippen LogP contribution in [0.1, 0.15) is 18.9 Å². The van der Waals surface area contributed by atoms with Crippen LogP contribution in [0, 0.1) is 6.92 Å². The Hall–Kier alpha value is -3.13. The van der Waals surface area contributed by atoms with Gasteiger partial charge in [0.2, 0.25) is 5.13 Å². The van der Waals surface area contributed by atoms with Crippen LogP contribution in [0.15, 0.2) is 42.5 Å². The van der Waals surface area contributed by atoms with E-state index in [0.29, 0.717) is 34.8 Å². The van der Waals surface area contributed by atoms with Crippen molar-refractivity contribution in [1.29, 1.82) is 0 Å². The molecule has 0 bridgehead atoms. The fourth-order valence-corrected chi connectivity index (χ4v) is 3.07. The monoisotopic (exact) mass is 413 g/mol. The van der Waals surface area contributed by atoms with E-state index < -0.39 is 0 Å². The molecule has 152 valence electrons. The minimum Gasteiger partial charge on any atom is -0.493 e. The SMILES string of the molecule is CCCOc1ccc(-c2nsc(NC(=O)COc3ccc(C)cc3)n2)cc1OC. The zero-order valence-corrected chi connectivity index (χ0v) is 17.4. The number of aromatic nitrogens is 2. The Kier molecular flexibility index (Phi) is 7.02. The van der Waals surface area contributed by atoms with E-state index in [1.165, 1.54) is 0 Å². The van der Waals surface area contributed by atoms with Gasteiger partial charge in [0.1, 0.15) is 5.75 Å². The summed E-state index contributed by atoms with van der Waals surface area (Å²) in [5.74, 6) is 2.14. The lowest BCUT2D eigenvalue weighted by Crippen LogP contribution is -2.20. The lowest BCUT2D eigenvalue weighted by Gasteiger charge is -2.10. The van der Waals surface area contributed by atoms with Gasteiger partial charge < -0.3 is 14.2 Å². The van der Waals surface area contributed by atoms with Gasteiger partial charge in [-0.2, -0.15) is 9.36 Å². The van der Waals surface area contributed by atoms with Crippen LogP contribution in [-0.4, -0.2) is 35.6 Å². The van der Waals surface area contributed by atoms with Gasteiger partial charge in [-0.15, -0.1) is 0 Å². The average molecular weight is 413 g/mol. The minimum atomic E-state index is -0.297. The number of carbonyl (C=O) groups excluding carboxylic acids is 1. The topological polar surface area (TPSA) is 82.6 Å². The summed E-state index contributed by atoms with van der Waals surface area (Å²) in [6.45, 7) is 4.55. The number of hydrogen-bond donors (Lipinski definition) is 1. The highest BCUT2D eigenvalue weighted by molar-refractivity contribution is 7.10. The lowest BCUT2D eigenvalue weighted by molar-refractivity contribution is -0.118. The maximum atomic E-state index is 12.1. The molecule has 0 saturated carbocycles. The van der Waals surface area contributed by atoms with E-state index in [-0.39, 0.29) is 12.5 Å². The van der Waals surface area contributed by atoms with Crippen LogP contribution in [0.3, 0.4) is 0 Å². The van der Waals surface area contributed by atoms with Crippen molar-refractivity contribution in [2.75, 3.05) is 25.6 Å². The summed E-state index contributed by atoms with van der Waals surface area (Å²) in [6.07, 6.45) is 0.912. The number of hydrogen-bond acceptors (Lipinski definition) is 7. The van der Waals surface area contributed by atoms with Crippen LogP contribution >= 0.6 is 11.5 Å². The van der Waals surface area contributed by atoms with E-state index in [0.717, 1.165) is 29.1 Å². The number of nitrogens with one attached hydrogen (secondary N) is 1. The van der Waals surface area contributed by atoms with Gasteiger partial charge in [-0.25, -0.2) is 0 Å². The van der Waals surface area contributed by atoms with Crippen molar-refractivity contribution in [3.8, 4) is 28.6 Å². The minimum absolute atomic E-state index is 0.102. The van der Waals surface area contributed by atoms with Crippen molar-refractivity contribution < 1.29 is 19.0 Å². The predicted octanol–water partition coefficient (Wildman–Crippen LogP) is 4.33. The molecule has 0 aliphatic rings. The van der Waals surface area contributed by atoms with E-state index in [1.807, 2.05) is 56.3 Å². The van der Waals surface area contributed by atoms with Crippen molar-refractivity contribution in [3.63, 3.8) is 0 Å². The van der Waals surface area contributed by atoms with Gasteiger partial charge in [0.05, 0.1) is 13.7 Å². The van der Waals surface area contributed by atoms with E-state index in [1.54, 1.807) is 7.11 Å². The molecule has 1 N–H and O–H groups in total. The van der Waals surface area contributed by atoms with Crippen LogP contribution in [0.4, 0.5) is 5.13 Å². The number of rotatable bonds is 9. The van der Waals surface area contributed by atoms with Gasteiger partial charge in [-0.05, 0) is 43.7 Å². The van der Waals surface area contributed by atoms with Crippen LogP contribution in [0.25, 0.3) is 11.4 Å². The number of anilines is 1. The van der Waals surface area contributed by atoms with E-state index in [4.69, 9.17) is 14.2 Å². The van der Waals surface area contributed by atoms with Gasteiger partial charge in [-0.3, -0.25) is 10.1 Å². The van der Waals surface area contributed by atoms with Gasteiger partial charge in [0.15, 0.2) is 23.9 Å². The summed E-state index contributed by atoms with van der Waals surface area (Å²) >= 11 is 1.11. The molecule has 0 saturated heterocycles. The third-order valence-corrected chi connectivity index (χ3v) is 4.58. The molecule has 0 aliphatic heterocycles. The molecule has 1 heterocycles. The number of amides is 1. The summed E-state index contributed by atoms with van der Waals surface area (Å²) in [5.41, 5.74) is 1.91. The fraction of sp³-hybridized carbons (Fsp3) is 0.286. The number of nitrogens with zero attached hydrogens (tertiary/aromatic N) is 2. The highest BCUT2D eigenvalue weighted by Gasteiger charge is 2.13. The zero-order valence-electron chi connectivity index (χ0n) is 16.6. The van der Waals surface area contributed by atoms with E-state index >= 15 is 0 Å². The summed E-state index contributed by atoms with van der Waals surface area (Å²) < 4.78 is 20.8. The molecule has 0 spiro atoms.